The van der Waals surface area contributed by atoms with Gasteiger partial charge in [0.15, 0.2) is 0 Å². The Hall–Kier alpha value is -3.74. The van der Waals surface area contributed by atoms with Crippen LogP contribution in [0.2, 0.25) is 0 Å². The van der Waals surface area contributed by atoms with Crippen LogP contribution >= 0.6 is 0 Å². The second kappa shape index (κ2) is 8.52. The number of hydrazone groups is 1. The van der Waals surface area contributed by atoms with E-state index in [4.69, 9.17) is 0 Å². The molecule has 1 aliphatic rings. The average molecular weight is 387 g/mol. The molecule has 1 aliphatic heterocycles. The normalized spacial score (nSPS) is 13.9. The van der Waals surface area contributed by atoms with Gasteiger partial charge in [0.1, 0.15) is 5.71 Å². The molecule has 0 bridgehead atoms. The fraction of sp³-hybridized carbons (Fsp3) is 0.182. The molecule has 7 nitrogen and oxygen atoms in total. The molecule has 7 heteroatoms. The fourth-order valence-electron chi connectivity index (χ4n) is 3.12. The van der Waals surface area contributed by atoms with Crippen molar-refractivity contribution in [1.29, 1.82) is 0 Å². The van der Waals surface area contributed by atoms with Gasteiger partial charge >= 0.3 is 0 Å². The second-order valence-corrected chi connectivity index (χ2v) is 6.84. The van der Waals surface area contributed by atoms with Gasteiger partial charge in [-0.05, 0) is 29.3 Å². The Bertz CT molecular complexity index is 1010. The summed E-state index contributed by atoms with van der Waals surface area (Å²) in [7, 11) is 0. The fourth-order valence-corrected chi connectivity index (χ4v) is 3.12. The van der Waals surface area contributed by atoms with Crippen molar-refractivity contribution in [2.75, 3.05) is 5.32 Å². The average Bonchev–Trinajstić information content (AvgIpc) is 3.25. The van der Waals surface area contributed by atoms with Crippen LogP contribution in [0.4, 0.5) is 5.69 Å². The summed E-state index contributed by atoms with van der Waals surface area (Å²) >= 11 is 0. The third-order valence-electron chi connectivity index (χ3n) is 4.66. The van der Waals surface area contributed by atoms with Crippen LogP contribution in [0.5, 0.6) is 0 Å². The molecule has 0 aliphatic carbocycles. The van der Waals surface area contributed by atoms with Crippen molar-refractivity contribution in [2.45, 2.75) is 25.9 Å². The minimum absolute atomic E-state index is 0.0756. The van der Waals surface area contributed by atoms with E-state index in [2.05, 4.69) is 15.5 Å². The van der Waals surface area contributed by atoms with Crippen LogP contribution in [-0.4, -0.2) is 32.3 Å². The van der Waals surface area contributed by atoms with Crippen molar-refractivity contribution < 1.29 is 9.59 Å². The van der Waals surface area contributed by atoms with Gasteiger partial charge in [0, 0.05) is 30.9 Å². The Labute approximate surface area is 168 Å². The molecule has 2 aromatic carbocycles. The van der Waals surface area contributed by atoms with Crippen molar-refractivity contribution in [3.63, 3.8) is 0 Å². The van der Waals surface area contributed by atoms with Crippen molar-refractivity contribution in [2.24, 2.45) is 5.10 Å². The molecule has 2 heterocycles. The molecule has 0 unspecified atom stereocenters. The first-order valence-electron chi connectivity index (χ1n) is 9.47. The summed E-state index contributed by atoms with van der Waals surface area (Å²) in [5.74, 6) is -0.358. The summed E-state index contributed by atoms with van der Waals surface area (Å²) in [5.41, 5.74) is 3.11. The summed E-state index contributed by atoms with van der Waals surface area (Å²) < 4.78 is 1.84. The van der Waals surface area contributed by atoms with E-state index in [9.17, 15) is 9.59 Å². The standard InChI is InChI=1S/C22H21N5O2/c28-21-12-11-20(25-27(21)16-17-5-2-1-3-6-17)22(29)24-19-9-7-18(8-10-19)15-26-14-4-13-23-26/h1-10,13-14H,11-12,15-16H2,(H,24,29). The van der Waals surface area contributed by atoms with E-state index in [0.717, 1.165) is 11.1 Å². The lowest BCUT2D eigenvalue weighted by Crippen LogP contribution is -2.36. The lowest BCUT2D eigenvalue weighted by atomic mass is 10.1. The highest BCUT2D eigenvalue weighted by Crippen LogP contribution is 2.16. The van der Waals surface area contributed by atoms with Crippen LogP contribution in [-0.2, 0) is 22.7 Å². The lowest BCUT2D eigenvalue weighted by molar-refractivity contribution is -0.132. The molecule has 0 radical (unpaired) electrons. The molecule has 1 aromatic heterocycles. The zero-order valence-corrected chi connectivity index (χ0v) is 15.9. The Morgan fingerprint density at radius 3 is 2.41 bits per heavy atom. The lowest BCUT2D eigenvalue weighted by Gasteiger charge is -2.23. The topological polar surface area (TPSA) is 79.6 Å². The number of anilines is 1. The highest BCUT2D eigenvalue weighted by atomic mass is 16.2. The molecule has 1 N–H and O–H groups in total. The second-order valence-electron chi connectivity index (χ2n) is 6.84. The number of rotatable bonds is 6. The summed E-state index contributed by atoms with van der Waals surface area (Å²) in [6.07, 6.45) is 4.26. The van der Waals surface area contributed by atoms with E-state index in [0.29, 0.717) is 30.9 Å². The minimum atomic E-state index is -0.282. The van der Waals surface area contributed by atoms with Crippen LogP contribution in [0.25, 0.3) is 0 Å². The Balaban J connectivity index is 1.40. The van der Waals surface area contributed by atoms with Crippen molar-refractivity contribution in [3.8, 4) is 0 Å². The quantitative estimate of drug-likeness (QED) is 0.706. The summed E-state index contributed by atoms with van der Waals surface area (Å²) in [5, 5.41) is 12.7. The predicted molar refractivity (Wildman–Crippen MR) is 110 cm³/mol. The van der Waals surface area contributed by atoms with E-state index in [1.807, 2.05) is 71.5 Å². The molecule has 0 atom stereocenters. The maximum atomic E-state index is 12.6. The van der Waals surface area contributed by atoms with E-state index in [-0.39, 0.29) is 18.2 Å². The first-order valence-corrected chi connectivity index (χ1v) is 9.47. The Kier molecular flexibility index (Phi) is 5.47. The SMILES string of the molecule is O=C(Nc1ccc(Cn2cccn2)cc1)C1=NN(Cc2ccccc2)C(=O)CC1. The van der Waals surface area contributed by atoms with E-state index < -0.39 is 0 Å². The zero-order valence-electron chi connectivity index (χ0n) is 15.9. The summed E-state index contributed by atoms with van der Waals surface area (Å²) in [6.45, 7) is 1.03. The van der Waals surface area contributed by atoms with Crippen LogP contribution in [0.3, 0.4) is 0 Å². The summed E-state index contributed by atoms with van der Waals surface area (Å²) in [4.78, 5) is 24.8. The first-order chi connectivity index (χ1) is 14.2. The molecule has 0 spiro atoms. The molecule has 0 saturated heterocycles. The van der Waals surface area contributed by atoms with Crippen LogP contribution in [0.1, 0.15) is 24.0 Å². The maximum Gasteiger partial charge on any atom is 0.271 e. The number of hydrogen-bond donors (Lipinski definition) is 1. The third-order valence-corrected chi connectivity index (χ3v) is 4.66. The van der Waals surface area contributed by atoms with E-state index in [1.165, 1.54) is 5.01 Å². The molecule has 3 aromatic rings. The van der Waals surface area contributed by atoms with Crippen LogP contribution in [0.15, 0.2) is 78.2 Å². The molecular formula is C22H21N5O2. The number of carbonyl (C=O) groups is 2. The number of nitrogens with one attached hydrogen (secondary N) is 1. The number of benzene rings is 2. The van der Waals surface area contributed by atoms with Gasteiger partial charge in [-0.25, -0.2) is 5.01 Å². The largest absolute Gasteiger partial charge is 0.321 e. The smallest absolute Gasteiger partial charge is 0.271 e. The van der Waals surface area contributed by atoms with Crippen molar-refractivity contribution >= 4 is 23.2 Å². The highest BCUT2D eigenvalue weighted by molar-refractivity contribution is 6.43. The van der Waals surface area contributed by atoms with E-state index in [1.54, 1.807) is 6.20 Å². The number of hydrogen-bond acceptors (Lipinski definition) is 4. The molecule has 2 amide bonds. The third kappa shape index (κ3) is 4.76. The van der Waals surface area contributed by atoms with Crippen molar-refractivity contribution in [3.05, 3.63) is 84.2 Å². The number of carbonyl (C=O) groups excluding carboxylic acids is 2. The van der Waals surface area contributed by atoms with Crippen LogP contribution in [0, 0.1) is 0 Å². The Morgan fingerprint density at radius 2 is 1.69 bits per heavy atom. The van der Waals surface area contributed by atoms with Gasteiger partial charge in [-0.2, -0.15) is 10.2 Å². The Morgan fingerprint density at radius 1 is 0.931 bits per heavy atom. The van der Waals surface area contributed by atoms with Gasteiger partial charge in [-0.15, -0.1) is 0 Å². The molecule has 4 rings (SSSR count). The number of aromatic nitrogens is 2. The van der Waals surface area contributed by atoms with Gasteiger partial charge in [0.2, 0.25) is 5.91 Å². The summed E-state index contributed by atoms with van der Waals surface area (Å²) in [6, 6.07) is 19.1. The van der Waals surface area contributed by atoms with Gasteiger partial charge in [-0.1, -0.05) is 42.5 Å². The first kappa shape index (κ1) is 18.6. The van der Waals surface area contributed by atoms with Gasteiger partial charge < -0.3 is 5.32 Å². The van der Waals surface area contributed by atoms with Gasteiger partial charge in [0.25, 0.3) is 5.91 Å². The monoisotopic (exact) mass is 387 g/mol. The predicted octanol–water partition coefficient (Wildman–Crippen LogP) is 3.05. The molecule has 29 heavy (non-hydrogen) atoms. The number of amides is 2. The van der Waals surface area contributed by atoms with E-state index >= 15 is 0 Å². The molecule has 146 valence electrons. The highest BCUT2D eigenvalue weighted by Gasteiger charge is 2.24. The number of nitrogens with zero attached hydrogens (tertiary/aromatic N) is 4. The van der Waals surface area contributed by atoms with Crippen molar-refractivity contribution in [1.82, 2.24) is 14.8 Å². The van der Waals surface area contributed by atoms with Gasteiger partial charge in [-0.3, -0.25) is 14.3 Å². The maximum absolute atomic E-state index is 12.6. The molecule has 0 saturated carbocycles. The van der Waals surface area contributed by atoms with Gasteiger partial charge in [0.05, 0.1) is 13.1 Å². The minimum Gasteiger partial charge on any atom is -0.321 e. The zero-order chi connectivity index (χ0) is 20.1. The molecule has 0 fully saturated rings. The molecular weight excluding hydrogens is 366 g/mol. The van der Waals surface area contributed by atoms with Crippen LogP contribution < -0.4 is 5.32 Å².